The number of benzene rings is 1. The average molecular weight is 267 g/mol. The normalized spacial score (nSPS) is 10.2. The molecule has 1 amide bonds. The minimum absolute atomic E-state index is 0.0116. The van der Waals surface area contributed by atoms with E-state index in [1.807, 2.05) is 5.38 Å². The van der Waals surface area contributed by atoms with Crippen LogP contribution in [-0.4, -0.2) is 10.9 Å². The van der Waals surface area contributed by atoms with E-state index >= 15 is 0 Å². The van der Waals surface area contributed by atoms with Crippen molar-refractivity contribution in [1.29, 1.82) is 0 Å². The predicted molar refractivity (Wildman–Crippen MR) is 70.5 cm³/mol. The maximum atomic E-state index is 11.6. The lowest BCUT2D eigenvalue weighted by Crippen LogP contribution is -2.12. The Kier molecular flexibility index (Phi) is 4.12. The van der Waals surface area contributed by atoms with Crippen LogP contribution in [0.4, 0.5) is 5.69 Å². The van der Waals surface area contributed by atoms with Gasteiger partial charge in [-0.3, -0.25) is 4.79 Å². The Hall–Kier alpha value is -1.39. The molecule has 2 aromatic rings. The molecule has 5 heteroatoms. The number of aryl methyl sites for hydroxylation is 1. The molecule has 0 aliphatic rings. The number of thiazole rings is 1. The van der Waals surface area contributed by atoms with Crippen LogP contribution in [0.25, 0.3) is 0 Å². The first-order valence-corrected chi connectivity index (χ1v) is 6.43. The third kappa shape index (κ3) is 3.84. The Labute approximate surface area is 108 Å². The van der Waals surface area contributed by atoms with Gasteiger partial charge in [-0.25, -0.2) is 4.98 Å². The van der Waals surface area contributed by atoms with Crippen LogP contribution in [0.15, 0.2) is 35.8 Å². The van der Waals surface area contributed by atoms with Crippen LogP contribution in [0.1, 0.15) is 11.4 Å². The SMILES string of the molecule is O=C(CCc1nccs1)Nc1ccc(Cl)cc1. The lowest BCUT2D eigenvalue weighted by molar-refractivity contribution is -0.116. The lowest BCUT2D eigenvalue weighted by Gasteiger charge is -2.04. The average Bonchev–Trinajstić information content (AvgIpc) is 2.83. The van der Waals surface area contributed by atoms with Gasteiger partial charge in [-0.05, 0) is 24.3 Å². The van der Waals surface area contributed by atoms with Crippen LogP contribution in [0.5, 0.6) is 0 Å². The van der Waals surface area contributed by atoms with E-state index < -0.39 is 0 Å². The molecule has 0 atom stereocenters. The molecule has 0 spiro atoms. The summed E-state index contributed by atoms with van der Waals surface area (Å²) in [4.78, 5) is 15.8. The minimum Gasteiger partial charge on any atom is -0.326 e. The van der Waals surface area contributed by atoms with Crippen LogP contribution in [0, 0.1) is 0 Å². The summed E-state index contributed by atoms with van der Waals surface area (Å²) in [5, 5.41) is 6.36. The predicted octanol–water partition coefficient (Wildman–Crippen LogP) is 3.37. The zero-order valence-electron chi connectivity index (χ0n) is 9.02. The quantitative estimate of drug-likeness (QED) is 0.922. The smallest absolute Gasteiger partial charge is 0.224 e. The summed E-state index contributed by atoms with van der Waals surface area (Å²) < 4.78 is 0. The Balaban J connectivity index is 1.83. The molecule has 0 aliphatic heterocycles. The van der Waals surface area contributed by atoms with E-state index in [-0.39, 0.29) is 5.91 Å². The summed E-state index contributed by atoms with van der Waals surface area (Å²) in [6.07, 6.45) is 2.87. The highest BCUT2D eigenvalue weighted by Crippen LogP contribution is 2.14. The number of aromatic nitrogens is 1. The fraction of sp³-hybridized carbons (Fsp3) is 0.167. The largest absolute Gasteiger partial charge is 0.326 e. The van der Waals surface area contributed by atoms with Crippen LogP contribution >= 0.6 is 22.9 Å². The van der Waals surface area contributed by atoms with Crippen molar-refractivity contribution >= 4 is 34.5 Å². The summed E-state index contributed by atoms with van der Waals surface area (Å²) in [5.74, 6) is -0.0116. The van der Waals surface area contributed by atoms with Gasteiger partial charge in [0, 0.05) is 35.1 Å². The Bertz CT molecular complexity index is 482. The number of hydrogen-bond donors (Lipinski definition) is 1. The Morgan fingerprint density at radius 2 is 2.12 bits per heavy atom. The van der Waals surface area contributed by atoms with Gasteiger partial charge in [-0.2, -0.15) is 0 Å². The Morgan fingerprint density at radius 1 is 1.35 bits per heavy atom. The standard InChI is InChI=1S/C12H11ClN2OS/c13-9-1-3-10(4-2-9)15-11(16)5-6-12-14-7-8-17-12/h1-4,7-8H,5-6H2,(H,15,16). The third-order valence-corrected chi connectivity index (χ3v) is 3.27. The number of nitrogens with zero attached hydrogens (tertiary/aromatic N) is 1. The summed E-state index contributed by atoms with van der Waals surface area (Å²) in [6, 6.07) is 7.06. The highest BCUT2D eigenvalue weighted by molar-refractivity contribution is 7.09. The van der Waals surface area contributed by atoms with Crippen LogP contribution in [-0.2, 0) is 11.2 Å². The summed E-state index contributed by atoms with van der Waals surface area (Å²) in [7, 11) is 0. The van der Waals surface area contributed by atoms with Gasteiger partial charge in [0.15, 0.2) is 0 Å². The molecular weight excluding hydrogens is 256 g/mol. The van der Waals surface area contributed by atoms with E-state index in [0.29, 0.717) is 17.9 Å². The number of amides is 1. The number of carbonyl (C=O) groups is 1. The fourth-order valence-corrected chi connectivity index (χ4v) is 2.10. The molecule has 3 nitrogen and oxygen atoms in total. The molecule has 0 radical (unpaired) electrons. The molecule has 88 valence electrons. The topological polar surface area (TPSA) is 42.0 Å². The van der Waals surface area contributed by atoms with E-state index in [9.17, 15) is 4.79 Å². The van der Waals surface area contributed by atoms with E-state index in [1.165, 1.54) is 0 Å². The van der Waals surface area contributed by atoms with E-state index in [0.717, 1.165) is 10.7 Å². The first kappa shape index (κ1) is 12.1. The van der Waals surface area contributed by atoms with Crippen molar-refractivity contribution in [1.82, 2.24) is 4.98 Å². The van der Waals surface area contributed by atoms with Crippen LogP contribution < -0.4 is 5.32 Å². The first-order chi connectivity index (χ1) is 8.24. The number of rotatable bonds is 4. The summed E-state index contributed by atoms with van der Waals surface area (Å²) >= 11 is 7.32. The van der Waals surface area contributed by atoms with Gasteiger partial charge in [-0.15, -0.1) is 11.3 Å². The first-order valence-electron chi connectivity index (χ1n) is 5.18. The van der Waals surface area contributed by atoms with E-state index in [4.69, 9.17) is 11.6 Å². The van der Waals surface area contributed by atoms with Crippen LogP contribution in [0.3, 0.4) is 0 Å². The second kappa shape index (κ2) is 5.80. The van der Waals surface area contributed by atoms with Gasteiger partial charge in [0.05, 0.1) is 5.01 Å². The van der Waals surface area contributed by atoms with Gasteiger partial charge in [0.25, 0.3) is 0 Å². The monoisotopic (exact) mass is 266 g/mol. The molecule has 0 bridgehead atoms. The molecule has 17 heavy (non-hydrogen) atoms. The molecule has 1 aromatic heterocycles. The van der Waals surface area contributed by atoms with Crippen molar-refractivity contribution in [2.75, 3.05) is 5.32 Å². The highest BCUT2D eigenvalue weighted by atomic mass is 35.5. The molecule has 1 heterocycles. The van der Waals surface area contributed by atoms with Gasteiger partial charge in [0.2, 0.25) is 5.91 Å². The molecule has 0 unspecified atom stereocenters. The number of nitrogens with one attached hydrogen (secondary N) is 1. The molecule has 2 rings (SSSR count). The molecular formula is C12H11ClN2OS. The van der Waals surface area contributed by atoms with Gasteiger partial charge in [-0.1, -0.05) is 11.6 Å². The minimum atomic E-state index is -0.0116. The van der Waals surface area contributed by atoms with Crippen molar-refractivity contribution in [2.45, 2.75) is 12.8 Å². The van der Waals surface area contributed by atoms with Gasteiger partial charge < -0.3 is 5.32 Å². The van der Waals surface area contributed by atoms with E-state index in [2.05, 4.69) is 10.3 Å². The van der Waals surface area contributed by atoms with Gasteiger partial charge in [0.1, 0.15) is 0 Å². The second-order valence-corrected chi connectivity index (χ2v) is 4.90. The van der Waals surface area contributed by atoms with E-state index in [1.54, 1.807) is 41.8 Å². The van der Waals surface area contributed by atoms with Crippen molar-refractivity contribution in [2.24, 2.45) is 0 Å². The van der Waals surface area contributed by atoms with Crippen molar-refractivity contribution in [3.63, 3.8) is 0 Å². The summed E-state index contributed by atoms with van der Waals surface area (Å²) in [5.41, 5.74) is 0.763. The maximum absolute atomic E-state index is 11.6. The van der Waals surface area contributed by atoms with Crippen molar-refractivity contribution in [3.8, 4) is 0 Å². The zero-order chi connectivity index (χ0) is 12.1. The third-order valence-electron chi connectivity index (χ3n) is 2.18. The fourth-order valence-electron chi connectivity index (χ4n) is 1.35. The van der Waals surface area contributed by atoms with Crippen molar-refractivity contribution < 1.29 is 4.79 Å². The molecule has 1 aromatic carbocycles. The molecule has 1 N–H and O–H groups in total. The maximum Gasteiger partial charge on any atom is 0.224 e. The molecule has 0 aliphatic carbocycles. The number of carbonyl (C=O) groups excluding carboxylic acids is 1. The molecule has 0 saturated carbocycles. The van der Waals surface area contributed by atoms with Crippen molar-refractivity contribution in [3.05, 3.63) is 45.9 Å². The highest BCUT2D eigenvalue weighted by Gasteiger charge is 2.04. The summed E-state index contributed by atoms with van der Waals surface area (Å²) in [6.45, 7) is 0. The molecule has 0 saturated heterocycles. The molecule has 0 fully saturated rings. The Morgan fingerprint density at radius 3 is 2.76 bits per heavy atom. The number of anilines is 1. The van der Waals surface area contributed by atoms with Gasteiger partial charge >= 0.3 is 0 Å². The number of hydrogen-bond acceptors (Lipinski definition) is 3. The number of halogens is 1. The lowest BCUT2D eigenvalue weighted by atomic mass is 10.2. The zero-order valence-corrected chi connectivity index (χ0v) is 10.6. The second-order valence-electron chi connectivity index (χ2n) is 3.48. The van der Waals surface area contributed by atoms with Crippen LogP contribution in [0.2, 0.25) is 5.02 Å².